The Bertz CT molecular complexity index is 682. The van der Waals surface area contributed by atoms with Gasteiger partial charge in [-0.25, -0.2) is 0 Å². The molecular weight excluding hydrogens is 346 g/mol. The van der Waals surface area contributed by atoms with Crippen molar-refractivity contribution in [2.45, 2.75) is 31.8 Å². The zero-order chi connectivity index (χ0) is 17.8. The van der Waals surface area contributed by atoms with E-state index < -0.39 is 0 Å². The summed E-state index contributed by atoms with van der Waals surface area (Å²) < 4.78 is 5.46. The predicted molar refractivity (Wildman–Crippen MR) is 107 cm³/mol. The summed E-state index contributed by atoms with van der Waals surface area (Å²) in [5, 5.41) is 4.65. The zero-order valence-electron chi connectivity index (χ0n) is 15.2. The van der Waals surface area contributed by atoms with Gasteiger partial charge in [-0.05, 0) is 62.1 Å². The Morgan fingerprint density at radius 2 is 1.96 bits per heavy atom. The molecule has 2 aromatic rings. The van der Waals surface area contributed by atoms with Crippen LogP contribution >= 0.6 is 11.6 Å². The molecule has 4 rings (SSSR count). The third kappa shape index (κ3) is 4.61. The minimum Gasteiger partial charge on any atom is -0.468 e. The second-order valence-corrected chi connectivity index (χ2v) is 8.06. The molecule has 0 spiro atoms. The van der Waals surface area contributed by atoms with Crippen LogP contribution in [0.2, 0.25) is 5.02 Å². The van der Waals surface area contributed by atoms with Gasteiger partial charge in [0.2, 0.25) is 0 Å². The van der Waals surface area contributed by atoms with Crippen LogP contribution < -0.4 is 10.2 Å². The van der Waals surface area contributed by atoms with Crippen molar-refractivity contribution in [3.8, 4) is 0 Å². The van der Waals surface area contributed by atoms with E-state index in [2.05, 4.69) is 33.3 Å². The molecule has 1 atom stereocenters. The summed E-state index contributed by atoms with van der Waals surface area (Å²) in [6.07, 6.45) is 5.48. The van der Waals surface area contributed by atoms with Gasteiger partial charge < -0.3 is 14.6 Å². The number of anilines is 1. The van der Waals surface area contributed by atoms with Gasteiger partial charge in [-0.2, -0.15) is 0 Å². The largest absolute Gasteiger partial charge is 0.468 e. The van der Waals surface area contributed by atoms with Crippen LogP contribution in [0.25, 0.3) is 0 Å². The highest BCUT2D eigenvalue weighted by Crippen LogP contribution is 2.26. The van der Waals surface area contributed by atoms with Crippen LogP contribution in [0.4, 0.5) is 5.69 Å². The van der Waals surface area contributed by atoms with Gasteiger partial charge in [0, 0.05) is 42.9 Å². The van der Waals surface area contributed by atoms with Gasteiger partial charge in [0.05, 0.1) is 12.8 Å². The lowest BCUT2D eigenvalue weighted by Gasteiger charge is -2.32. The Balaban J connectivity index is 1.17. The van der Waals surface area contributed by atoms with E-state index in [-0.39, 0.29) is 0 Å². The number of benzene rings is 1. The summed E-state index contributed by atoms with van der Waals surface area (Å²) in [4.78, 5) is 4.96. The third-order valence-electron chi connectivity index (χ3n) is 5.70. The molecule has 2 fully saturated rings. The quantitative estimate of drug-likeness (QED) is 0.828. The van der Waals surface area contributed by atoms with E-state index in [0.29, 0.717) is 6.04 Å². The molecule has 26 heavy (non-hydrogen) atoms. The van der Waals surface area contributed by atoms with Gasteiger partial charge in [0.25, 0.3) is 0 Å². The zero-order valence-corrected chi connectivity index (χ0v) is 16.0. The Hall–Kier alpha value is -1.49. The van der Waals surface area contributed by atoms with E-state index in [1.165, 1.54) is 24.9 Å². The maximum Gasteiger partial charge on any atom is 0.117 e. The lowest BCUT2D eigenvalue weighted by Crippen LogP contribution is -2.43. The first-order valence-corrected chi connectivity index (χ1v) is 10.1. The highest BCUT2D eigenvalue weighted by molar-refractivity contribution is 6.30. The summed E-state index contributed by atoms with van der Waals surface area (Å²) in [7, 11) is 0. The molecule has 2 saturated heterocycles. The summed E-state index contributed by atoms with van der Waals surface area (Å²) in [6, 6.07) is 12.9. The van der Waals surface area contributed by atoms with Crippen molar-refractivity contribution in [3.05, 3.63) is 53.4 Å². The van der Waals surface area contributed by atoms with Crippen molar-refractivity contribution in [3.63, 3.8) is 0 Å². The van der Waals surface area contributed by atoms with Crippen LogP contribution in [-0.4, -0.2) is 43.7 Å². The highest BCUT2D eigenvalue weighted by Gasteiger charge is 2.25. The summed E-state index contributed by atoms with van der Waals surface area (Å²) in [5.41, 5.74) is 1.26. The molecule has 2 aliphatic heterocycles. The maximum absolute atomic E-state index is 6.13. The van der Waals surface area contributed by atoms with Crippen molar-refractivity contribution in [1.29, 1.82) is 0 Å². The van der Waals surface area contributed by atoms with Crippen LogP contribution in [0.1, 0.15) is 25.0 Å². The van der Waals surface area contributed by atoms with E-state index in [4.69, 9.17) is 16.0 Å². The second kappa shape index (κ2) is 8.47. The predicted octanol–water partition coefficient (Wildman–Crippen LogP) is 4.01. The molecule has 0 saturated carbocycles. The first kappa shape index (κ1) is 17.9. The van der Waals surface area contributed by atoms with Gasteiger partial charge in [0.1, 0.15) is 5.76 Å². The van der Waals surface area contributed by atoms with Crippen molar-refractivity contribution < 1.29 is 4.42 Å². The van der Waals surface area contributed by atoms with Crippen molar-refractivity contribution >= 4 is 17.3 Å². The molecule has 0 aliphatic carbocycles. The maximum atomic E-state index is 6.13. The molecular formula is C21H28ClN3O. The second-order valence-electron chi connectivity index (χ2n) is 7.62. The lowest BCUT2D eigenvalue weighted by molar-refractivity contribution is 0.177. The monoisotopic (exact) mass is 373 g/mol. The molecule has 0 bridgehead atoms. The van der Waals surface area contributed by atoms with E-state index >= 15 is 0 Å². The number of nitrogens with one attached hydrogen (secondary N) is 1. The normalized spacial score (nSPS) is 22.2. The first-order chi connectivity index (χ1) is 12.8. The van der Waals surface area contributed by atoms with E-state index in [0.717, 1.165) is 56.0 Å². The van der Waals surface area contributed by atoms with Crippen molar-refractivity contribution in [2.24, 2.45) is 5.92 Å². The molecule has 5 heteroatoms. The van der Waals surface area contributed by atoms with Gasteiger partial charge in [-0.3, -0.25) is 4.90 Å². The van der Waals surface area contributed by atoms with Gasteiger partial charge >= 0.3 is 0 Å². The topological polar surface area (TPSA) is 31.6 Å². The number of rotatable bonds is 6. The number of hydrogen-bond donors (Lipinski definition) is 1. The fourth-order valence-corrected chi connectivity index (χ4v) is 4.34. The van der Waals surface area contributed by atoms with Crippen LogP contribution in [0.15, 0.2) is 47.1 Å². The minimum absolute atomic E-state index is 0.656. The Kier molecular flexibility index (Phi) is 5.83. The Labute approximate surface area is 161 Å². The average molecular weight is 374 g/mol. The lowest BCUT2D eigenvalue weighted by atomic mass is 10.0. The van der Waals surface area contributed by atoms with E-state index in [9.17, 15) is 0 Å². The molecule has 1 aromatic heterocycles. The molecule has 0 unspecified atom stereocenters. The van der Waals surface area contributed by atoms with Crippen LogP contribution in [-0.2, 0) is 6.54 Å². The Morgan fingerprint density at radius 1 is 1.08 bits per heavy atom. The van der Waals surface area contributed by atoms with Crippen molar-refractivity contribution in [2.75, 3.05) is 37.6 Å². The number of hydrogen-bond acceptors (Lipinski definition) is 4. The summed E-state index contributed by atoms with van der Waals surface area (Å²) in [6.45, 7) is 6.63. The molecule has 0 amide bonds. The molecule has 4 nitrogen and oxygen atoms in total. The number of piperidine rings is 1. The van der Waals surface area contributed by atoms with Gasteiger partial charge in [-0.1, -0.05) is 17.7 Å². The number of furan rings is 1. The number of nitrogens with zero attached hydrogens (tertiary/aromatic N) is 2. The standard InChI is InChI=1S/C21H28ClN3O/c22-18-3-1-4-20(13-18)25-11-6-17(15-25)14-23-19-7-9-24(10-8-19)16-21-5-2-12-26-21/h1-5,12-13,17,19,23H,6-11,14-16H2/t17-/m1/s1. The fourth-order valence-electron chi connectivity index (χ4n) is 4.16. The van der Waals surface area contributed by atoms with E-state index in [1.807, 2.05) is 18.2 Å². The molecule has 1 N–H and O–H groups in total. The summed E-state index contributed by atoms with van der Waals surface area (Å²) >= 11 is 6.13. The van der Waals surface area contributed by atoms with Crippen molar-refractivity contribution in [1.82, 2.24) is 10.2 Å². The average Bonchev–Trinajstić information content (AvgIpc) is 3.33. The summed E-state index contributed by atoms with van der Waals surface area (Å²) in [5.74, 6) is 1.80. The van der Waals surface area contributed by atoms with Crippen LogP contribution in [0.5, 0.6) is 0 Å². The molecule has 1 aromatic carbocycles. The SMILES string of the molecule is Clc1cccc(N2CC[C@H](CNC3CCN(Cc4ccco4)CC3)C2)c1. The highest BCUT2D eigenvalue weighted by atomic mass is 35.5. The molecule has 2 aliphatic rings. The van der Waals surface area contributed by atoms with Crippen LogP contribution in [0, 0.1) is 5.92 Å². The molecule has 0 radical (unpaired) electrons. The molecule has 140 valence electrons. The van der Waals surface area contributed by atoms with Gasteiger partial charge in [-0.15, -0.1) is 0 Å². The third-order valence-corrected chi connectivity index (χ3v) is 5.94. The fraction of sp³-hybridized carbons (Fsp3) is 0.524. The minimum atomic E-state index is 0.656. The van der Waals surface area contributed by atoms with Crippen LogP contribution in [0.3, 0.4) is 0 Å². The van der Waals surface area contributed by atoms with Gasteiger partial charge in [0.15, 0.2) is 0 Å². The Morgan fingerprint density at radius 3 is 2.73 bits per heavy atom. The smallest absolute Gasteiger partial charge is 0.117 e. The number of likely N-dealkylation sites (tertiary alicyclic amines) is 1. The molecule has 3 heterocycles. The first-order valence-electron chi connectivity index (χ1n) is 9.75. The van der Waals surface area contributed by atoms with E-state index in [1.54, 1.807) is 6.26 Å². The number of halogens is 1.